The van der Waals surface area contributed by atoms with E-state index in [1.807, 2.05) is 0 Å². The van der Waals surface area contributed by atoms with Crippen LogP contribution in [0.2, 0.25) is 0 Å². The van der Waals surface area contributed by atoms with Crippen molar-refractivity contribution in [1.82, 2.24) is 15.1 Å². The zero-order valence-corrected chi connectivity index (χ0v) is 14.4. The van der Waals surface area contributed by atoms with E-state index in [-0.39, 0.29) is 18.1 Å². The van der Waals surface area contributed by atoms with E-state index >= 15 is 0 Å². The van der Waals surface area contributed by atoms with Crippen molar-refractivity contribution >= 4 is 17.5 Å². The van der Waals surface area contributed by atoms with Gasteiger partial charge in [0.15, 0.2) is 5.82 Å². The van der Waals surface area contributed by atoms with Crippen molar-refractivity contribution < 1.29 is 13.9 Å². The molecule has 1 aromatic carbocycles. The number of anilines is 2. The highest BCUT2D eigenvalue weighted by molar-refractivity contribution is 5.91. The summed E-state index contributed by atoms with van der Waals surface area (Å²) in [5.41, 5.74) is 0.608. The SMILES string of the molecule is O=C(Cc1cccc(F)c1)Nc1ccc(NCCN2CCOCC2)nn1. The molecule has 0 spiro atoms. The average molecular weight is 359 g/mol. The van der Waals surface area contributed by atoms with Gasteiger partial charge in [-0.25, -0.2) is 4.39 Å². The largest absolute Gasteiger partial charge is 0.379 e. The van der Waals surface area contributed by atoms with E-state index in [0.717, 1.165) is 39.4 Å². The second-order valence-corrected chi connectivity index (χ2v) is 6.04. The molecular formula is C18H22FN5O2. The Morgan fingerprint density at radius 2 is 1.92 bits per heavy atom. The molecular weight excluding hydrogens is 337 g/mol. The van der Waals surface area contributed by atoms with Crippen LogP contribution < -0.4 is 10.6 Å². The lowest BCUT2D eigenvalue weighted by molar-refractivity contribution is -0.115. The van der Waals surface area contributed by atoms with Gasteiger partial charge in [-0.05, 0) is 29.8 Å². The summed E-state index contributed by atoms with van der Waals surface area (Å²) in [6.07, 6.45) is 0.0823. The molecule has 138 valence electrons. The summed E-state index contributed by atoms with van der Waals surface area (Å²) in [6, 6.07) is 9.42. The molecule has 8 heteroatoms. The number of benzene rings is 1. The van der Waals surface area contributed by atoms with Gasteiger partial charge < -0.3 is 15.4 Å². The van der Waals surface area contributed by atoms with E-state index in [1.54, 1.807) is 24.3 Å². The predicted molar refractivity (Wildman–Crippen MR) is 96.5 cm³/mol. The number of hydrogen-bond donors (Lipinski definition) is 2. The number of halogens is 1. The third-order valence-electron chi connectivity index (χ3n) is 4.02. The van der Waals surface area contributed by atoms with E-state index in [1.165, 1.54) is 12.1 Å². The zero-order valence-electron chi connectivity index (χ0n) is 14.4. The summed E-state index contributed by atoms with van der Waals surface area (Å²) < 4.78 is 18.5. The highest BCUT2D eigenvalue weighted by Gasteiger charge is 2.10. The average Bonchev–Trinajstić information content (AvgIpc) is 2.64. The van der Waals surface area contributed by atoms with Crippen LogP contribution in [0.4, 0.5) is 16.0 Å². The lowest BCUT2D eigenvalue weighted by Crippen LogP contribution is -2.39. The van der Waals surface area contributed by atoms with Crippen molar-refractivity contribution in [2.75, 3.05) is 50.0 Å². The minimum absolute atomic E-state index is 0.0823. The highest BCUT2D eigenvalue weighted by atomic mass is 19.1. The van der Waals surface area contributed by atoms with Gasteiger partial charge in [0.1, 0.15) is 11.6 Å². The Hall–Kier alpha value is -2.58. The molecule has 1 aliphatic rings. The van der Waals surface area contributed by atoms with E-state index in [4.69, 9.17) is 4.74 Å². The van der Waals surface area contributed by atoms with Crippen LogP contribution in [0.1, 0.15) is 5.56 Å². The molecule has 26 heavy (non-hydrogen) atoms. The highest BCUT2D eigenvalue weighted by Crippen LogP contribution is 2.09. The summed E-state index contributed by atoms with van der Waals surface area (Å²) >= 11 is 0. The molecule has 0 saturated carbocycles. The van der Waals surface area contributed by atoms with Crippen molar-refractivity contribution in [1.29, 1.82) is 0 Å². The molecule has 1 fully saturated rings. The lowest BCUT2D eigenvalue weighted by Gasteiger charge is -2.26. The van der Waals surface area contributed by atoms with Crippen molar-refractivity contribution in [3.8, 4) is 0 Å². The van der Waals surface area contributed by atoms with Crippen LogP contribution in [0.3, 0.4) is 0 Å². The molecule has 1 amide bonds. The van der Waals surface area contributed by atoms with Gasteiger partial charge >= 0.3 is 0 Å². The summed E-state index contributed by atoms with van der Waals surface area (Å²) in [7, 11) is 0. The Morgan fingerprint density at radius 3 is 2.65 bits per heavy atom. The topological polar surface area (TPSA) is 79.4 Å². The molecule has 0 unspecified atom stereocenters. The third kappa shape index (κ3) is 5.75. The number of nitrogens with zero attached hydrogens (tertiary/aromatic N) is 3. The monoisotopic (exact) mass is 359 g/mol. The quantitative estimate of drug-likeness (QED) is 0.781. The van der Waals surface area contributed by atoms with Crippen molar-refractivity contribution in [2.24, 2.45) is 0 Å². The first-order chi connectivity index (χ1) is 12.7. The summed E-state index contributed by atoms with van der Waals surface area (Å²) in [6.45, 7) is 5.14. The number of nitrogens with one attached hydrogen (secondary N) is 2. The molecule has 2 N–H and O–H groups in total. The van der Waals surface area contributed by atoms with Crippen LogP contribution in [0, 0.1) is 5.82 Å². The molecule has 1 aromatic heterocycles. The number of rotatable bonds is 7. The molecule has 2 aromatic rings. The van der Waals surface area contributed by atoms with Crippen molar-refractivity contribution in [3.63, 3.8) is 0 Å². The van der Waals surface area contributed by atoms with E-state index in [0.29, 0.717) is 17.2 Å². The molecule has 7 nitrogen and oxygen atoms in total. The maximum atomic E-state index is 13.1. The Morgan fingerprint density at radius 1 is 1.15 bits per heavy atom. The molecule has 0 aliphatic carbocycles. The molecule has 0 bridgehead atoms. The minimum atomic E-state index is -0.359. The van der Waals surface area contributed by atoms with Crippen LogP contribution in [0.15, 0.2) is 36.4 Å². The van der Waals surface area contributed by atoms with Crippen LogP contribution in [-0.2, 0) is 16.0 Å². The number of aromatic nitrogens is 2. The first-order valence-corrected chi connectivity index (χ1v) is 8.61. The molecule has 0 radical (unpaired) electrons. The fraction of sp³-hybridized carbons (Fsp3) is 0.389. The molecule has 1 aliphatic heterocycles. The first-order valence-electron chi connectivity index (χ1n) is 8.61. The summed E-state index contributed by atoms with van der Waals surface area (Å²) in [4.78, 5) is 14.3. The van der Waals surface area contributed by atoms with Crippen LogP contribution in [0.5, 0.6) is 0 Å². The van der Waals surface area contributed by atoms with Crippen LogP contribution in [-0.4, -0.2) is 60.4 Å². The number of ether oxygens (including phenoxy) is 1. The molecule has 2 heterocycles. The Kier molecular flexibility index (Phi) is 6.45. The van der Waals surface area contributed by atoms with Crippen molar-refractivity contribution in [2.45, 2.75) is 6.42 Å². The predicted octanol–water partition coefficient (Wildman–Crippen LogP) is 1.54. The van der Waals surface area contributed by atoms with E-state index in [9.17, 15) is 9.18 Å². The van der Waals surface area contributed by atoms with Crippen LogP contribution >= 0.6 is 0 Å². The van der Waals surface area contributed by atoms with E-state index < -0.39 is 0 Å². The zero-order chi connectivity index (χ0) is 18.2. The maximum Gasteiger partial charge on any atom is 0.229 e. The molecule has 0 atom stereocenters. The van der Waals surface area contributed by atoms with Gasteiger partial charge in [0.25, 0.3) is 0 Å². The van der Waals surface area contributed by atoms with Gasteiger partial charge in [-0.3, -0.25) is 9.69 Å². The van der Waals surface area contributed by atoms with Gasteiger partial charge in [0.2, 0.25) is 5.91 Å². The smallest absolute Gasteiger partial charge is 0.229 e. The minimum Gasteiger partial charge on any atom is -0.379 e. The van der Waals surface area contributed by atoms with E-state index in [2.05, 4.69) is 25.7 Å². The Balaban J connectivity index is 1.42. The molecule has 1 saturated heterocycles. The third-order valence-corrected chi connectivity index (χ3v) is 4.02. The standard InChI is InChI=1S/C18H22FN5O2/c19-15-3-1-2-14(12-15)13-18(25)21-17-5-4-16(22-23-17)20-6-7-24-8-10-26-11-9-24/h1-5,12H,6-11,13H2,(H,20,22)(H,21,23,25). The van der Waals surface area contributed by atoms with Gasteiger partial charge in [0.05, 0.1) is 19.6 Å². The number of morpholine rings is 1. The number of carbonyl (C=O) groups is 1. The fourth-order valence-corrected chi connectivity index (χ4v) is 2.68. The second-order valence-electron chi connectivity index (χ2n) is 6.04. The number of amides is 1. The van der Waals surface area contributed by atoms with Crippen LogP contribution in [0.25, 0.3) is 0 Å². The molecule has 3 rings (SSSR count). The second kappa shape index (κ2) is 9.21. The fourth-order valence-electron chi connectivity index (χ4n) is 2.68. The van der Waals surface area contributed by atoms with Gasteiger partial charge in [-0.15, -0.1) is 10.2 Å². The summed E-state index contributed by atoms with van der Waals surface area (Å²) in [5.74, 6) is 0.395. The maximum absolute atomic E-state index is 13.1. The number of hydrogen-bond acceptors (Lipinski definition) is 6. The normalized spacial score (nSPS) is 14.8. The van der Waals surface area contributed by atoms with Gasteiger partial charge in [-0.1, -0.05) is 12.1 Å². The van der Waals surface area contributed by atoms with Gasteiger partial charge in [-0.2, -0.15) is 0 Å². The lowest BCUT2D eigenvalue weighted by atomic mass is 10.1. The first kappa shape index (κ1) is 18.2. The Bertz CT molecular complexity index is 720. The number of carbonyl (C=O) groups excluding carboxylic acids is 1. The Labute approximate surface area is 151 Å². The van der Waals surface area contributed by atoms with Crippen molar-refractivity contribution in [3.05, 3.63) is 47.8 Å². The van der Waals surface area contributed by atoms with Gasteiger partial charge in [0, 0.05) is 26.2 Å². The summed E-state index contributed by atoms with van der Waals surface area (Å²) in [5, 5.41) is 13.9.